The van der Waals surface area contributed by atoms with Gasteiger partial charge in [-0.3, -0.25) is 4.79 Å². The van der Waals surface area contributed by atoms with Crippen LogP contribution in [0, 0.1) is 0 Å². The topological polar surface area (TPSA) is 29.1 Å². The number of nitrogens with one attached hydrogen (secondary N) is 1. The maximum absolute atomic E-state index is 11.4. The van der Waals surface area contributed by atoms with Crippen LogP contribution in [0.25, 0.3) is 0 Å². The normalized spacial score (nSPS) is 10.2. The molecule has 4 heteroatoms. The fourth-order valence-electron chi connectivity index (χ4n) is 1.29. The highest BCUT2D eigenvalue weighted by Gasteiger charge is 2.01. The first-order valence-electron chi connectivity index (χ1n) is 5.87. The first-order chi connectivity index (χ1) is 8.22. The smallest absolute Gasteiger partial charge is 0.220 e. The van der Waals surface area contributed by atoms with Gasteiger partial charge in [-0.1, -0.05) is 24.9 Å². The van der Waals surface area contributed by atoms with Gasteiger partial charge in [-0.25, -0.2) is 0 Å². The number of halogens is 1. The Morgan fingerprint density at radius 2 is 2.06 bits per heavy atom. The van der Waals surface area contributed by atoms with Gasteiger partial charge in [-0.2, -0.15) is 0 Å². The van der Waals surface area contributed by atoms with Crippen molar-refractivity contribution in [2.75, 3.05) is 12.3 Å². The molecule has 0 heterocycles. The molecule has 0 bridgehead atoms. The Kier molecular flexibility index (Phi) is 7.13. The summed E-state index contributed by atoms with van der Waals surface area (Å²) in [6.45, 7) is 2.91. The van der Waals surface area contributed by atoms with E-state index in [0.29, 0.717) is 6.42 Å². The highest BCUT2D eigenvalue weighted by Crippen LogP contribution is 2.20. The van der Waals surface area contributed by atoms with E-state index in [1.165, 1.54) is 0 Å². The largest absolute Gasteiger partial charge is 0.356 e. The molecule has 1 aromatic carbocycles. The SMILES string of the molecule is CCCCNC(=O)CCSc1ccc(Cl)cc1. The molecule has 0 radical (unpaired) electrons. The lowest BCUT2D eigenvalue weighted by molar-refractivity contribution is -0.120. The summed E-state index contributed by atoms with van der Waals surface area (Å²) in [6, 6.07) is 7.68. The number of carbonyl (C=O) groups excluding carboxylic acids is 1. The molecule has 94 valence electrons. The third-order valence-corrected chi connectivity index (χ3v) is 3.53. The van der Waals surface area contributed by atoms with E-state index >= 15 is 0 Å². The Hall–Kier alpha value is -0.670. The van der Waals surface area contributed by atoms with Crippen LogP contribution in [0.3, 0.4) is 0 Å². The first kappa shape index (κ1) is 14.4. The van der Waals surface area contributed by atoms with Crippen LogP contribution in [-0.2, 0) is 4.79 Å². The zero-order valence-electron chi connectivity index (χ0n) is 10.0. The molecular formula is C13H18ClNOS. The minimum absolute atomic E-state index is 0.139. The molecule has 0 saturated carbocycles. The second kappa shape index (κ2) is 8.43. The third kappa shape index (κ3) is 6.59. The molecule has 1 aromatic rings. The van der Waals surface area contributed by atoms with E-state index in [9.17, 15) is 4.79 Å². The number of hydrogen-bond acceptors (Lipinski definition) is 2. The number of benzene rings is 1. The zero-order chi connectivity index (χ0) is 12.5. The molecule has 0 aliphatic carbocycles. The van der Waals surface area contributed by atoms with Gasteiger partial charge in [0.2, 0.25) is 5.91 Å². The van der Waals surface area contributed by atoms with Crippen molar-refractivity contribution in [2.45, 2.75) is 31.1 Å². The average Bonchev–Trinajstić information content (AvgIpc) is 2.32. The van der Waals surface area contributed by atoms with E-state index in [-0.39, 0.29) is 5.91 Å². The minimum Gasteiger partial charge on any atom is -0.356 e. The van der Waals surface area contributed by atoms with Crippen LogP contribution in [0.4, 0.5) is 0 Å². The Bertz CT molecular complexity index is 340. The zero-order valence-corrected chi connectivity index (χ0v) is 11.6. The van der Waals surface area contributed by atoms with Crippen LogP contribution < -0.4 is 5.32 Å². The van der Waals surface area contributed by atoms with E-state index in [1.54, 1.807) is 11.8 Å². The monoisotopic (exact) mass is 271 g/mol. The quantitative estimate of drug-likeness (QED) is 0.605. The van der Waals surface area contributed by atoms with Gasteiger partial charge in [0.1, 0.15) is 0 Å². The number of unbranched alkanes of at least 4 members (excludes halogenated alkanes) is 1. The van der Waals surface area contributed by atoms with Crippen molar-refractivity contribution < 1.29 is 4.79 Å². The number of thioether (sulfide) groups is 1. The van der Waals surface area contributed by atoms with E-state index in [1.807, 2.05) is 24.3 Å². The predicted molar refractivity (Wildman–Crippen MR) is 74.7 cm³/mol. The van der Waals surface area contributed by atoms with Gasteiger partial charge in [0.15, 0.2) is 0 Å². The van der Waals surface area contributed by atoms with Gasteiger partial charge < -0.3 is 5.32 Å². The highest BCUT2D eigenvalue weighted by molar-refractivity contribution is 7.99. The van der Waals surface area contributed by atoms with E-state index in [0.717, 1.165) is 35.1 Å². The van der Waals surface area contributed by atoms with Crippen LogP contribution in [-0.4, -0.2) is 18.2 Å². The molecule has 2 nitrogen and oxygen atoms in total. The predicted octanol–water partition coefficient (Wildman–Crippen LogP) is 3.74. The molecule has 17 heavy (non-hydrogen) atoms. The van der Waals surface area contributed by atoms with Crippen LogP contribution in [0.5, 0.6) is 0 Å². The van der Waals surface area contributed by atoms with Crippen LogP contribution in [0.1, 0.15) is 26.2 Å². The summed E-state index contributed by atoms with van der Waals surface area (Å²) in [6.07, 6.45) is 2.73. The van der Waals surface area contributed by atoms with E-state index in [4.69, 9.17) is 11.6 Å². The Balaban J connectivity index is 2.14. The molecule has 1 rings (SSSR count). The second-order valence-corrected chi connectivity index (χ2v) is 5.36. The van der Waals surface area contributed by atoms with Crippen molar-refractivity contribution >= 4 is 29.3 Å². The molecule has 0 unspecified atom stereocenters. The molecule has 0 spiro atoms. The summed E-state index contributed by atoms with van der Waals surface area (Å²) in [5, 5.41) is 3.65. The van der Waals surface area contributed by atoms with Crippen LogP contribution in [0.2, 0.25) is 5.02 Å². The maximum atomic E-state index is 11.4. The van der Waals surface area contributed by atoms with Crippen molar-refractivity contribution in [1.82, 2.24) is 5.32 Å². The van der Waals surface area contributed by atoms with E-state index in [2.05, 4.69) is 12.2 Å². The third-order valence-electron chi connectivity index (χ3n) is 2.26. The van der Waals surface area contributed by atoms with Crippen molar-refractivity contribution in [3.05, 3.63) is 29.3 Å². The molecule has 0 saturated heterocycles. The molecule has 0 aromatic heterocycles. The fourth-order valence-corrected chi connectivity index (χ4v) is 2.26. The lowest BCUT2D eigenvalue weighted by atomic mass is 10.3. The summed E-state index contributed by atoms with van der Waals surface area (Å²) >= 11 is 7.47. The van der Waals surface area contributed by atoms with Crippen molar-refractivity contribution in [3.8, 4) is 0 Å². The van der Waals surface area contributed by atoms with Crippen molar-refractivity contribution in [1.29, 1.82) is 0 Å². The van der Waals surface area contributed by atoms with Gasteiger partial charge in [-0.05, 0) is 30.7 Å². The summed E-state index contributed by atoms with van der Waals surface area (Å²) in [5.41, 5.74) is 0. The highest BCUT2D eigenvalue weighted by atomic mass is 35.5. The molecular weight excluding hydrogens is 254 g/mol. The molecule has 0 aliphatic rings. The molecule has 1 N–H and O–H groups in total. The lowest BCUT2D eigenvalue weighted by Gasteiger charge is -2.04. The Morgan fingerprint density at radius 3 is 2.71 bits per heavy atom. The van der Waals surface area contributed by atoms with Gasteiger partial charge in [-0.15, -0.1) is 11.8 Å². The average molecular weight is 272 g/mol. The van der Waals surface area contributed by atoms with Crippen molar-refractivity contribution in [2.24, 2.45) is 0 Å². The fraction of sp³-hybridized carbons (Fsp3) is 0.462. The Labute approximate surface area is 112 Å². The standard InChI is InChI=1S/C13H18ClNOS/c1-2-3-9-15-13(16)8-10-17-12-6-4-11(14)5-7-12/h4-7H,2-3,8-10H2,1H3,(H,15,16). The minimum atomic E-state index is 0.139. The Morgan fingerprint density at radius 1 is 1.35 bits per heavy atom. The number of hydrogen-bond donors (Lipinski definition) is 1. The number of amides is 1. The second-order valence-electron chi connectivity index (χ2n) is 3.76. The number of carbonyl (C=O) groups is 1. The maximum Gasteiger partial charge on any atom is 0.220 e. The summed E-state index contributed by atoms with van der Waals surface area (Å²) < 4.78 is 0. The van der Waals surface area contributed by atoms with Gasteiger partial charge in [0, 0.05) is 28.6 Å². The molecule has 0 atom stereocenters. The molecule has 1 amide bonds. The van der Waals surface area contributed by atoms with Crippen molar-refractivity contribution in [3.63, 3.8) is 0 Å². The summed E-state index contributed by atoms with van der Waals surface area (Å²) in [4.78, 5) is 12.6. The first-order valence-corrected chi connectivity index (χ1v) is 7.24. The van der Waals surface area contributed by atoms with Gasteiger partial charge >= 0.3 is 0 Å². The number of rotatable bonds is 7. The van der Waals surface area contributed by atoms with Crippen LogP contribution >= 0.6 is 23.4 Å². The van der Waals surface area contributed by atoms with Gasteiger partial charge in [0.25, 0.3) is 0 Å². The molecule has 0 aliphatic heterocycles. The summed E-state index contributed by atoms with van der Waals surface area (Å²) in [7, 11) is 0. The lowest BCUT2D eigenvalue weighted by Crippen LogP contribution is -2.24. The molecule has 0 fully saturated rings. The summed E-state index contributed by atoms with van der Waals surface area (Å²) in [5.74, 6) is 0.944. The van der Waals surface area contributed by atoms with Gasteiger partial charge in [0.05, 0.1) is 0 Å². The van der Waals surface area contributed by atoms with E-state index < -0.39 is 0 Å². The van der Waals surface area contributed by atoms with Crippen LogP contribution in [0.15, 0.2) is 29.2 Å².